The van der Waals surface area contributed by atoms with E-state index in [4.69, 9.17) is 30.5 Å². The summed E-state index contributed by atoms with van der Waals surface area (Å²) in [4.78, 5) is 19.5. The lowest BCUT2D eigenvalue weighted by molar-refractivity contribution is -0.148. The van der Waals surface area contributed by atoms with Crippen molar-refractivity contribution in [2.45, 2.75) is 51.2 Å². The van der Waals surface area contributed by atoms with Crippen LogP contribution in [0.15, 0.2) is 12.5 Å². The number of ether oxygens (including phenoxy) is 4. The maximum Gasteiger partial charge on any atom is 0.302 e. The lowest BCUT2D eigenvalue weighted by Crippen LogP contribution is -2.38. The number of fused-ring (bicyclic) bond motifs is 1. The Morgan fingerprint density at radius 1 is 1.41 bits per heavy atom. The number of rotatable bonds is 8. The molecule has 156 valence electrons. The number of esters is 1. The minimum atomic E-state index is -0.650. The molecule has 0 saturated carbocycles. The van der Waals surface area contributed by atoms with Crippen molar-refractivity contribution in [1.82, 2.24) is 14.5 Å². The summed E-state index contributed by atoms with van der Waals surface area (Å²) in [5.74, 6) is -0.406. The van der Waals surface area contributed by atoms with Crippen LogP contribution in [-0.2, 0) is 23.7 Å². The van der Waals surface area contributed by atoms with E-state index in [-0.39, 0.29) is 11.8 Å². The lowest BCUT2D eigenvalue weighted by Gasteiger charge is -2.23. The zero-order chi connectivity index (χ0) is 21.0. The SMILES string of the molecule is CCCCOC1C(COC(C)=O)OC(n2cc(C#N)c3c(Cl)ncnc32)C1OC. The van der Waals surface area contributed by atoms with Gasteiger partial charge in [0, 0.05) is 26.8 Å². The van der Waals surface area contributed by atoms with Crippen LogP contribution in [0.5, 0.6) is 0 Å². The number of unbranched alkanes of at least 4 members (excludes halogenated alkanes) is 1. The van der Waals surface area contributed by atoms with Gasteiger partial charge in [-0.1, -0.05) is 24.9 Å². The second kappa shape index (κ2) is 9.50. The van der Waals surface area contributed by atoms with Crippen LogP contribution in [0, 0.1) is 11.3 Å². The van der Waals surface area contributed by atoms with Gasteiger partial charge in [0.25, 0.3) is 0 Å². The number of methoxy groups -OCH3 is 1. The molecule has 0 bridgehead atoms. The molecule has 0 aliphatic carbocycles. The van der Waals surface area contributed by atoms with Gasteiger partial charge in [0.15, 0.2) is 6.23 Å². The minimum absolute atomic E-state index is 0.0303. The Morgan fingerprint density at radius 3 is 2.86 bits per heavy atom. The number of carbonyl (C=O) groups is 1. The van der Waals surface area contributed by atoms with Gasteiger partial charge in [-0.15, -0.1) is 0 Å². The van der Waals surface area contributed by atoms with E-state index in [1.807, 2.05) is 0 Å². The number of hydrogen-bond acceptors (Lipinski definition) is 8. The third kappa shape index (κ3) is 4.36. The Bertz CT molecular complexity index is 912. The molecule has 0 N–H and O–H groups in total. The Labute approximate surface area is 173 Å². The van der Waals surface area contributed by atoms with Crippen LogP contribution >= 0.6 is 11.6 Å². The number of nitrogens with zero attached hydrogens (tertiary/aromatic N) is 4. The van der Waals surface area contributed by atoms with Crippen molar-refractivity contribution in [3.63, 3.8) is 0 Å². The average molecular weight is 423 g/mol. The molecular formula is C19H23ClN4O5. The Kier molecular flexibility index (Phi) is 7.03. The fraction of sp³-hybridized carbons (Fsp3) is 0.579. The van der Waals surface area contributed by atoms with Crippen molar-refractivity contribution < 1.29 is 23.7 Å². The van der Waals surface area contributed by atoms with Gasteiger partial charge >= 0.3 is 5.97 Å². The smallest absolute Gasteiger partial charge is 0.302 e. The van der Waals surface area contributed by atoms with Crippen LogP contribution in [0.3, 0.4) is 0 Å². The average Bonchev–Trinajstić information content (AvgIpc) is 3.25. The zero-order valence-corrected chi connectivity index (χ0v) is 17.3. The van der Waals surface area contributed by atoms with E-state index in [0.717, 1.165) is 12.8 Å². The summed E-state index contributed by atoms with van der Waals surface area (Å²) < 4.78 is 24.8. The van der Waals surface area contributed by atoms with Crippen LogP contribution in [0.4, 0.5) is 0 Å². The third-order valence-electron chi connectivity index (χ3n) is 4.77. The molecule has 1 aliphatic rings. The summed E-state index contributed by atoms with van der Waals surface area (Å²) in [6, 6.07) is 2.11. The molecule has 4 unspecified atom stereocenters. The van der Waals surface area contributed by atoms with Crippen molar-refractivity contribution in [2.75, 3.05) is 20.3 Å². The predicted octanol–water partition coefficient (Wildman–Crippen LogP) is 2.62. The normalized spacial score (nSPS) is 24.0. The van der Waals surface area contributed by atoms with E-state index >= 15 is 0 Å². The van der Waals surface area contributed by atoms with Crippen LogP contribution in [0.25, 0.3) is 11.0 Å². The molecular weight excluding hydrogens is 400 g/mol. The van der Waals surface area contributed by atoms with Crippen molar-refractivity contribution in [1.29, 1.82) is 5.26 Å². The van der Waals surface area contributed by atoms with Gasteiger partial charge in [-0.25, -0.2) is 9.97 Å². The molecule has 4 atom stereocenters. The van der Waals surface area contributed by atoms with Gasteiger partial charge in [-0.2, -0.15) is 5.26 Å². The van der Waals surface area contributed by atoms with E-state index in [9.17, 15) is 10.1 Å². The third-order valence-corrected chi connectivity index (χ3v) is 5.06. The quantitative estimate of drug-likeness (QED) is 0.363. The van der Waals surface area contributed by atoms with Crippen LogP contribution < -0.4 is 0 Å². The summed E-state index contributed by atoms with van der Waals surface area (Å²) >= 11 is 6.19. The number of hydrogen-bond donors (Lipinski definition) is 0. The van der Waals surface area contributed by atoms with Gasteiger partial charge < -0.3 is 23.5 Å². The highest BCUT2D eigenvalue weighted by Gasteiger charge is 2.47. The van der Waals surface area contributed by atoms with Gasteiger partial charge in [0.05, 0.1) is 10.9 Å². The highest BCUT2D eigenvalue weighted by molar-refractivity contribution is 6.34. The van der Waals surface area contributed by atoms with Gasteiger partial charge in [-0.3, -0.25) is 4.79 Å². The zero-order valence-electron chi connectivity index (χ0n) is 16.5. The van der Waals surface area contributed by atoms with Crippen molar-refractivity contribution in [3.8, 4) is 6.07 Å². The molecule has 0 amide bonds. The Hall–Kier alpha value is -2.25. The molecule has 1 aliphatic heterocycles. The monoisotopic (exact) mass is 422 g/mol. The molecule has 1 fully saturated rings. The molecule has 0 radical (unpaired) electrons. The van der Waals surface area contributed by atoms with E-state index in [0.29, 0.717) is 23.2 Å². The van der Waals surface area contributed by atoms with Crippen molar-refractivity contribution in [3.05, 3.63) is 23.2 Å². The first kappa shape index (κ1) is 21.5. The van der Waals surface area contributed by atoms with Crippen LogP contribution in [-0.4, -0.2) is 59.1 Å². The number of carbonyl (C=O) groups excluding carboxylic acids is 1. The largest absolute Gasteiger partial charge is 0.463 e. The minimum Gasteiger partial charge on any atom is -0.463 e. The first-order chi connectivity index (χ1) is 14.0. The molecule has 2 aromatic heterocycles. The molecule has 9 nitrogen and oxygen atoms in total. The topological polar surface area (TPSA) is 108 Å². The van der Waals surface area contributed by atoms with Crippen molar-refractivity contribution >= 4 is 28.6 Å². The molecule has 1 saturated heterocycles. The fourth-order valence-electron chi connectivity index (χ4n) is 3.41. The molecule has 10 heteroatoms. The van der Waals surface area contributed by atoms with E-state index in [1.54, 1.807) is 17.9 Å². The van der Waals surface area contributed by atoms with Gasteiger partial charge in [0.1, 0.15) is 48.1 Å². The molecule has 0 spiro atoms. The standard InChI is InChI=1S/C19H23ClN4O5/c1-4-5-6-27-15-13(9-28-11(2)25)29-19(16(15)26-3)24-8-12(7-21)14-17(20)22-10-23-18(14)24/h8,10,13,15-16,19H,4-6,9H2,1-3H3. The summed E-state index contributed by atoms with van der Waals surface area (Å²) in [5, 5.41) is 10.1. The molecule has 0 aromatic carbocycles. The van der Waals surface area contributed by atoms with Crippen LogP contribution in [0.2, 0.25) is 5.15 Å². The second-order valence-electron chi connectivity index (χ2n) is 6.68. The molecule has 3 rings (SSSR count). The predicted molar refractivity (Wildman–Crippen MR) is 103 cm³/mol. The number of aromatic nitrogens is 3. The van der Waals surface area contributed by atoms with Gasteiger partial charge in [-0.05, 0) is 6.42 Å². The van der Waals surface area contributed by atoms with Gasteiger partial charge in [0.2, 0.25) is 0 Å². The maximum absolute atomic E-state index is 11.3. The molecule has 2 aromatic rings. The van der Waals surface area contributed by atoms with E-state index in [1.165, 1.54) is 13.3 Å². The Balaban J connectivity index is 1.98. The summed E-state index contributed by atoms with van der Waals surface area (Å²) in [5.41, 5.74) is 0.782. The number of nitriles is 1. The summed E-state index contributed by atoms with van der Waals surface area (Å²) in [6.07, 6.45) is 2.63. The highest BCUT2D eigenvalue weighted by atomic mass is 35.5. The summed E-state index contributed by atoms with van der Waals surface area (Å²) in [6.45, 7) is 3.96. The lowest BCUT2D eigenvalue weighted by atomic mass is 10.1. The highest BCUT2D eigenvalue weighted by Crippen LogP contribution is 2.37. The maximum atomic E-state index is 11.3. The molecule has 3 heterocycles. The van der Waals surface area contributed by atoms with E-state index < -0.39 is 30.5 Å². The van der Waals surface area contributed by atoms with Crippen molar-refractivity contribution in [2.24, 2.45) is 0 Å². The van der Waals surface area contributed by atoms with E-state index in [2.05, 4.69) is 23.0 Å². The molecule has 29 heavy (non-hydrogen) atoms. The summed E-state index contributed by atoms with van der Waals surface area (Å²) in [7, 11) is 1.56. The van der Waals surface area contributed by atoms with Crippen LogP contribution in [0.1, 0.15) is 38.5 Å². The first-order valence-corrected chi connectivity index (χ1v) is 9.73. The second-order valence-corrected chi connectivity index (χ2v) is 7.04. The number of halogens is 1. The Morgan fingerprint density at radius 2 is 2.21 bits per heavy atom. The first-order valence-electron chi connectivity index (χ1n) is 9.36. The fourth-order valence-corrected chi connectivity index (χ4v) is 3.64.